The van der Waals surface area contributed by atoms with E-state index in [1.807, 2.05) is 38.1 Å². The smallest absolute Gasteiger partial charge is 0.119 e. The Balaban J connectivity index is 2.10. The fourth-order valence-corrected chi connectivity index (χ4v) is 2.16. The van der Waals surface area contributed by atoms with Gasteiger partial charge in [0.2, 0.25) is 0 Å². The number of aliphatic hydroxyl groups is 1. The summed E-state index contributed by atoms with van der Waals surface area (Å²) in [7, 11) is 0. The molecule has 2 unspecified atom stereocenters. The first-order valence-electron chi connectivity index (χ1n) is 5.87. The Labute approximate surface area is 107 Å². The van der Waals surface area contributed by atoms with Crippen molar-refractivity contribution in [2.75, 3.05) is 18.1 Å². The predicted molar refractivity (Wildman–Crippen MR) is 74.6 cm³/mol. The topological polar surface area (TPSA) is 55.5 Å². The molecule has 96 valence electrons. The summed E-state index contributed by atoms with van der Waals surface area (Å²) in [5.41, 5.74) is 6.33. The summed E-state index contributed by atoms with van der Waals surface area (Å²) in [4.78, 5) is 0. The van der Waals surface area contributed by atoms with Crippen LogP contribution in [0.2, 0.25) is 0 Å². The number of rotatable bonds is 7. The zero-order chi connectivity index (χ0) is 12.7. The summed E-state index contributed by atoms with van der Waals surface area (Å²) in [5, 5.41) is 9.60. The van der Waals surface area contributed by atoms with Crippen molar-refractivity contribution in [3.05, 3.63) is 24.3 Å². The molecule has 1 rings (SSSR count). The van der Waals surface area contributed by atoms with Crippen LogP contribution in [-0.4, -0.2) is 28.8 Å². The molecule has 0 bridgehead atoms. The number of hydrogen-bond donors (Lipinski definition) is 2. The number of nitrogen functional groups attached to an aromatic ring is 1. The summed E-state index contributed by atoms with van der Waals surface area (Å²) in [6.45, 7) is 4.56. The Hall–Kier alpha value is -0.870. The first kappa shape index (κ1) is 14.2. The number of aliphatic hydroxyl groups excluding tert-OH is 1. The average Bonchev–Trinajstić information content (AvgIpc) is 2.30. The average molecular weight is 255 g/mol. The maximum Gasteiger partial charge on any atom is 0.119 e. The van der Waals surface area contributed by atoms with Crippen LogP contribution in [0.25, 0.3) is 0 Å². The molecule has 0 fully saturated rings. The zero-order valence-corrected chi connectivity index (χ0v) is 11.2. The molecule has 0 radical (unpaired) electrons. The highest BCUT2D eigenvalue weighted by Gasteiger charge is 2.07. The highest BCUT2D eigenvalue weighted by molar-refractivity contribution is 7.99. The van der Waals surface area contributed by atoms with E-state index >= 15 is 0 Å². The van der Waals surface area contributed by atoms with Crippen molar-refractivity contribution >= 4 is 17.4 Å². The molecule has 17 heavy (non-hydrogen) atoms. The van der Waals surface area contributed by atoms with Crippen LogP contribution in [0.1, 0.15) is 20.3 Å². The van der Waals surface area contributed by atoms with Gasteiger partial charge in [-0.25, -0.2) is 0 Å². The maximum absolute atomic E-state index is 9.32. The van der Waals surface area contributed by atoms with Gasteiger partial charge in [-0.2, -0.15) is 11.8 Å². The lowest BCUT2D eigenvalue weighted by Crippen LogP contribution is -2.16. The van der Waals surface area contributed by atoms with Crippen molar-refractivity contribution in [1.82, 2.24) is 0 Å². The molecule has 2 atom stereocenters. The van der Waals surface area contributed by atoms with Crippen LogP contribution < -0.4 is 10.5 Å². The van der Waals surface area contributed by atoms with Gasteiger partial charge in [-0.1, -0.05) is 6.92 Å². The van der Waals surface area contributed by atoms with Crippen LogP contribution in [0.4, 0.5) is 5.69 Å². The van der Waals surface area contributed by atoms with Crippen LogP contribution >= 0.6 is 11.8 Å². The van der Waals surface area contributed by atoms with Gasteiger partial charge in [0.25, 0.3) is 0 Å². The number of hydrogen-bond acceptors (Lipinski definition) is 4. The van der Waals surface area contributed by atoms with Gasteiger partial charge >= 0.3 is 0 Å². The first-order chi connectivity index (χ1) is 8.09. The minimum atomic E-state index is -0.252. The van der Waals surface area contributed by atoms with Crippen LogP contribution in [0, 0.1) is 0 Å². The van der Waals surface area contributed by atoms with E-state index < -0.39 is 0 Å². The molecule has 0 heterocycles. The third kappa shape index (κ3) is 5.84. The molecular weight excluding hydrogens is 234 g/mol. The number of ether oxygens (including phenoxy) is 1. The van der Waals surface area contributed by atoms with Crippen molar-refractivity contribution in [2.45, 2.75) is 31.6 Å². The number of nitrogens with two attached hydrogens (primary N) is 1. The summed E-state index contributed by atoms with van der Waals surface area (Å²) >= 11 is 1.77. The third-order valence-electron chi connectivity index (χ3n) is 2.50. The Bertz CT molecular complexity index is 314. The molecule has 0 aliphatic heterocycles. The van der Waals surface area contributed by atoms with E-state index in [0.717, 1.165) is 23.6 Å². The molecule has 3 nitrogen and oxygen atoms in total. The van der Waals surface area contributed by atoms with E-state index in [2.05, 4.69) is 0 Å². The Morgan fingerprint density at radius 1 is 1.29 bits per heavy atom. The molecular formula is C13H21NO2S. The fourth-order valence-electron chi connectivity index (χ4n) is 1.22. The largest absolute Gasteiger partial charge is 0.494 e. The monoisotopic (exact) mass is 255 g/mol. The Morgan fingerprint density at radius 3 is 2.53 bits per heavy atom. The van der Waals surface area contributed by atoms with Gasteiger partial charge < -0.3 is 15.6 Å². The molecule has 1 aromatic rings. The minimum Gasteiger partial charge on any atom is -0.494 e. The number of benzene rings is 1. The molecule has 3 N–H and O–H groups in total. The van der Waals surface area contributed by atoms with Gasteiger partial charge in [0, 0.05) is 10.9 Å². The molecule has 0 amide bonds. The molecule has 0 saturated carbocycles. The lowest BCUT2D eigenvalue weighted by molar-refractivity contribution is 0.196. The molecule has 0 saturated heterocycles. The highest BCUT2D eigenvalue weighted by Crippen LogP contribution is 2.16. The summed E-state index contributed by atoms with van der Waals surface area (Å²) in [5.74, 6) is 1.86. The first-order valence-corrected chi connectivity index (χ1v) is 6.92. The maximum atomic E-state index is 9.32. The summed E-state index contributed by atoms with van der Waals surface area (Å²) < 4.78 is 5.57. The van der Waals surface area contributed by atoms with E-state index in [1.54, 1.807) is 11.8 Å². The van der Waals surface area contributed by atoms with Crippen molar-refractivity contribution < 1.29 is 9.84 Å². The Morgan fingerprint density at radius 2 is 1.94 bits per heavy atom. The second-order valence-electron chi connectivity index (χ2n) is 4.09. The van der Waals surface area contributed by atoms with Crippen LogP contribution in [0.5, 0.6) is 5.75 Å². The molecule has 1 aromatic carbocycles. The zero-order valence-electron chi connectivity index (χ0n) is 10.4. The molecule has 0 aliphatic carbocycles. The summed E-state index contributed by atoms with van der Waals surface area (Å²) in [6, 6.07) is 7.42. The lowest BCUT2D eigenvalue weighted by Gasteiger charge is -2.13. The quantitative estimate of drug-likeness (QED) is 0.581. The standard InChI is InChI=1S/C13H21NO2S/c1-10(15)11(2)17-9-3-8-16-13-6-4-12(14)5-7-13/h4-7,10-11,15H,3,8-9,14H2,1-2H3. The van der Waals surface area contributed by atoms with Gasteiger partial charge in [-0.3, -0.25) is 0 Å². The van der Waals surface area contributed by atoms with E-state index in [-0.39, 0.29) is 11.4 Å². The van der Waals surface area contributed by atoms with Crippen molar-refractivity contribution in [2.24, 2.45) is 0 Å². The molecule has 0 aliphatic rings. The predicted octanol–water partition coefficient (Wildman–Crippen LogP) is 2.54. The van der Waals surface area contributed by atoms with Gasteiger partial charge in [-0.15, -0.1) is 0 Å². The van der Waals surface area contributed by atoms with E-state index in [0.29, 0.717) is 6.61 Å². The number of thioether (sulfide) groups is 1. The van der Waals surface area contributed by atoms with E-state index in [1.165, 1.54) is 0 Å². The fraction of sp³-hybridized carbons (Fsp3) is 0.538. The Kier molecular flexibility index (Phi) is 6.22. The van der Waals surface area contributed by atoms with Crippen molar-refractivity contribution in [1.29, 1.82) is 0 Å². The van der Waals surface area contributed by atoms with Gasteiger partial charge in [0.15, 0.2) is 0 Å². The normalized spacial score (nSPS) is 14.3. The van der Waals surface area contributed by atoms with E-state index in [9.17, 15) is 5.11 Å². The number of anilines is 1. The van der Waals surface area contributed by atoms with Gasteiger partial charge in [0.05, 0.1) is 12.7 Å². The highest BCUT2D eigenvalue weighted by atomic mass is 32.2. The molecule has 4 heteroatoms. The molecule has 0 aromatic heterocycles. The van der Waals surface area contributed by atoms with Crippen LogP contribution in [0.3, 0.4) is 0 Å². The lowest BCUT2D eigenvalue weighted by atomic mass is 10.3. The van der Waals surface area contributed by atoms with Crippen LogP contribution in [-0.2, 0) is 0 Å². The SMILES string of the molecule is CC(O)C(C)SCCCOc1ccc(N)cc1. The van der Waals surface area contributed by atoms with Crippen molar-refractivity contribution in [3.63, 3.8) is 0 Å². The summed E-state index contributed by atoms with van der Waals surface area (Å²) in [6.07, 6.45) is 0.726. The molecule has 0 spiro atoms. The van der Waals surface area contributed by atoms with Gasteiger partial charge in [-0.05, 0) is 43.4 Å². The van der Waals surface area contributed by atoms with Crippen LogP contribution in [0.15, 0.2) is 24.3 Å². The second kappa shape index (κ2) is 7.45. The van der Waals surface area contributed by atoms with Crippen molar-refractivity contribution in [3.8, 4) is 5.75 Å². The van der Waals surface area contributed by atoms with E-state index in [4.69, 9.17) is 10.5 Å². The third-order valence-corrected chi connectivity index (χ3v) is 3.94. The minimum absolute atomic E-state index is 0.252. The second-order valence-corrected chi connectivity index (χ2v) is 5.57. The van der Waals surface area contributed by atoms with Gasteiger partial charge in [0.1, 0.15) is 5.75 Å².